The van der Waals surface area contributed by atoms with Crippen molar-refractivity contribution in [1.29, 1.82) is 0 Å². The van der Waals surface area contributed by atoms with Crippen molar-refractivity contribution in [2.24, 2.45) is 10.7 Å². The number of amides is 1. The Balaban J connectivity index is 0.00000420. The quantitative estimate of drug-likeness (QED) is 0.274. The average molecular weight is 510 g/mol. The highest BCUT2D eigenvalue weighted by Gasteiger charge is 2.15. The zero-order valence-electron chi connectivity index (χ0n) is 17.2. The van der Waals surface area contributed by atoms with Gasteiger partial charge in [-0.25, -0.2) is 4.99 Å². The van der Waals surface area contributed by atoms with Crippen LogP contribution in [0.5, 0.6) is 5.75 Å². The molecule has 0 saturated carbocycles. The van der Waals surface area contributed by atoms with Crippen LogP contribution in [0.3, 0.4) is 0 Å². The third-order valence-electron chi connectivity index (χ3n) is 4.48. The summed E-state index contributed by atoms with van der Waals surface area (Å²) in [5, 5.41) is 6.78. The van der Waals surface area contributed by atoms with Crippen LogP contribution in [0.4, 0.5) is 0 Å². The fourth-order valence-electron chi connectivity index (χ4n) is 2.76. The van der Waals surface area contributed by atoms with Crippen molar-refractivity contribution >= 4 is 35.8 Å². The molecule has 0 bridgehead atoms. The maximum atomic E-state index is 10.9. The van der Waals surface area contributed by atoms with Gasteiger partial charge in [0.1, 0.15) is 5.75 Å². The first-order chi connectivity index (χ1) is 13.5. The predicted molar refractivity (Wildman–Crippen MR) is 129 cm³/mol. The highest BCUT2D eigenvalue weighted by Crippen LogP contribution is 2.18. The lowest BCUT2D eigenvalue weighted by Crippen LogP contribution is -2.44. The Labute approximate surface area is 190 Å². The number of aliphatic imine (C=N–C) groups is 1. The van der Waals surface area contributed by atoms with Crippen LogP contribution in [0.2, 0.25) is 0 Å². The number of nitrogens with one attached hydrogen (secondary N) is 2. The van der Waals surface area contributed by atoms with Gasteiger partial charge >= 0.3 is 0 Å². The molecule has 0 saturated heterocycles. The van der Waals surface area contributed by atoms with E-state index in [0.717, 1.165) is 18.1 Å². The first-order valence-corrected chi connectivity index (χ1v) is 9.59. The molecule has 0 fully saturated rings. The summed E-state index contributed by atoms with van der Waals surface area (Å²) in [4.78, 5) is 15.5. The number of nitrogens with zero attached hydrogens (tertiary/aromatic N) is 1. The summed E-state index contributed by atoms with van der Waals surface area (Å²) < 4.78 is 5.35. The van der Waals surface area contributed by atoms with Gasteiger partial charge in [-0.2, -0.15) is 0 Å². The van der Waals surface area contributed by atoms with Crippen LogP contribution in [0, 0.1) is 0 Å². The zero-order chi connectivity index (χ0) is 20.4. The lowest BCUT2D eigenvalue weighted by Gasteiger charge is -2.24. The van der Waals surface area contributed by atoms with Crippen LogP contribution < -0.4 is 21.1 Å². The van der Waals surface area contributed by atoms with E-state index in [1.165, 1.54) is 5.56 Å². The molecule has 29 heavy (non-hydrogen) atoms. The van der Waals surface area contributed by atoms with Crippen LogP contribution >= 0.6 is 24.0 Å². The highest BCUT2D eigenvalue weighted by atomic mass is 127. The molecule has 0 heterocycles. The maximum absolute atomic E-state index is 10.9. The van der Waals surface area contributed by atoms with E-state index >= 15 is 0 Å². The molecule has 158 valence electrons. The van der Waals surface area contributed by atoms with E-state index in [1.807, 2.05) is 31.2 Å². The number of nitrogens with two attached hydrogens (primary N) is 1. The van der Waals surface area contributed by atoms with Crippen LogP contribution in [-0.4, -0.2) is 31.1 Å². The molecule has 2 unspecified atom stereocenters. The minimum Gasteiger partial charge on any atom is -0.484 e. The SMILES string of the molecule is CCNC(=NCc1cccc(OCC(N)=O)c1)NC(C)C(C)c1ccccc1.I. The molecule has 2 atom stereocenters. The molecule has 0 aromatic heterocycles. The molecule has 0 aliphatic rings. The van der Waals surface area contributed by atoms with Gasteiger partial charge in [-0.1, -0.05) is 49.4 Å². The van der Waals surface area contributed by atoms with Crippen molar-refractivity contribution in [1.82, 2.24) is 10.6 Å². The standard InChI is InChI=1S/C22H30N4O2.HI/c1-4-24-22(26-17(3)16(2)19-10-6-5-7-11-19)25-14-18-9-8-12-20(13-18)28-15-21(23)27;/h5-13,16-17H,4,14-15H2,1-3H3,(H2,23,27)(H2,24,25,26);1H. The number of ether oxygens (including phenoxy) is 1. The number of hydrogen-bond donors (Lipinski definition) is 3. The van der Waals surface area contributed by atoms with Crippen LogP contribution in [0.15, 0.2) is 59.6 Å². The Hall–Kier alpha value is -2.29. The van der Waals surface area contributed by atoms with Crippen molar-refractivity contribution in [2.45, 2.75) is 39.3 Å². The van der Waals surface area contributed by atoms with Crippen LogP contribution in [-0.2, 0) is 11.3 Å². The number of primary amides is 1. The Kier molecular flexibility index (Phi) is 11.1. The van der Waals surface area contributed by atoms with Crippen molar-refractivity contribution in [3.05, 3.63) is 65.7 Å². The molecule has 2 aromatic carbocycles. The number of benzene rings is 2. The summed E-state index contributed by atoms with van der Waals surface area (Å²) in [6, 6.07) is 18.2. The third kappa shape index (κ3) is 8.72. The zero-order valence-corrected chi connectivity index (χ0v) is 19.6. The van der Waals surface area contributed by atoms with E-state index in [1.54, 1.807) is 6.07 Å². The number of carbonyl (C=O) groups is 1. The van der Waals surface area contributed by atoms with Crippen molar-refractivity contribution in [3.63, 3.8) is 0 Å². The molecule has 0 aliphatic heterocycles. The number of rotatable bonds is 9. The van der Waals surface area contributed by atoms with E-state index in [2.05, 4.69) is 53.7 Å². The topological polar surface area (TPSA) is 88.7 Å². The second kappa shape index (κ2) is 13.0. The molecule has 2 aromatic rings. The monoisotopic (exact) mass is 510 g/mol. The number of carbonyl (C=O) groups excluding carboxylic acids is 1. The van der Waals surface area contributed by atoms with Crippen molar-refractivity contribution in [2.75, 3.05) is 13.2 Å². The van der Waals surface area contributed by atoms with E-state index in [4.69, 9.17) is 10.5 Å². The van der Waals surface area contributed by atoms with Gasteiger partial charge in [0.05, 0.1) is 6.54 Å². The Morgan fingerprint density at radius 3 is 2.52 bits per heavy atom. The summed E-state index contributed by atoms with van der Waals surface area (Å²) in [5.74, 6) is 1.22. The largest absolute Gasteiger partial charge is 0.484 e. The van der Waals surface area contributed by atoms with E-state index in [-0.39, 0.29) is 36.6 Å². The minimum absolute atomic E-state index is 0. The second-order valence-electron chi connectivity index (χ2n) is 6.73. The smallest absolute Gasteiger partial charge is 0.255 e. The van der Waals surface area contributed by atoms with E-state index in [9.17, 15) is 4.79 Å². The molecule has 0 spiro atoms. The molecule has 2 rings (SSSR count). The van der Waals surface area contributed by atoms with Gasteiger partial charge in [0.25, 0.3) is 5.91 Å². The molecule has 1 amide bonds. The number of halogens is 1. The fourth-order valence-corrected chi connectivity index (χ4v) is 2.76. The summed E-state index contributed by atoms with van der Waals surface area (Å²) in [7, 11) is 0. The fraction of sp³-hybridized carbons (Fsp3) is 0.364. The van der Waals surface area contributed by atoms with E-state index in [0.29, 0.717) is 18.2 Å². The molecular formula is C22H31IN4O2. The normalized spacial score (nSPS) is 13.0. The van der Waals surface area contributed by atoms with Gasteiger partial charge < -0.3 is 21.1 Å². The molecule has 6 nitrogen and oxygen atoms in total. The second-order valence-corrected chi connectivity index (χ2v) is 6.73. The molecule has 4 N–H and O–H groups in total. The number of hydrogen-bond acceptors (Lipinski definition) is 3. The summed E-state index contributed by atoms with van der Waals surface area (Å²) in [5.41, 5.74) is 7.40. The first-order valence-electron chi connectivity index (χ1n) is 9.59. The third-order valence-corrected chi connectivity index (χ3v) is 4.48. The predicted octanol–water partition coefficient (Wildman–Crippen LogP) is 3.42. The first kappa shape index (κ1) is 24.7. The maximum Gasteiger partial charge on any atom is 0.255 e. The molecule has 0 aliphatic carbocycles. The molecule has 0 radical (unpaired) electrons. The van der Waals surface area contributed by atoms with Gasteiger partial charge in [0.15, 0.2) is 12.6 Å². The van der Waals surface area contributed by atoms with Gasteiger partial charge in [-0.05, 0) is 37.1 Å². The average Bonchev–Trinajstić information content (AvgIpc) is 2.71. The number of guanidine groups is 1. The lowest BCUT2D eigenvalue weighted by molar-refractivity contribution is -0.119. The van der Waals surface area contributed by atoms with Gasteiger partial charge in [0, 0.05) is 18.5 Å². The molecule has 7 heteroatoms. The summed E-state index contributed by atoms with van der Waals surface area (Å²) in [6.07, 6.45) is 0. The lowest BCUT2D eigenvalue weighted by atomic mass is 9.94. The Bertz CT molecular complexity index is 783. The van der Waals surface area contributed by atoms with Crippen LogP contribution in [0.1, 0.15) is 37.8 Å². The highest BCUT2D eigenvalue weighted by molar-refractivity contribution is 14.0. The van der Waals surface area contributed by atoms with Gasteiger partial charge in [-0.3, -0.25) is 4.79 Å². The van der Waals surface area contributed by atoms with Crippen molar-refractivity contribution in [3.8, 4) is 5.75 Å². The van der Waals surface area contributed by atoms with E-state index < -0.39 is 5.91 Å². The van der Waals surface area contributed by atoms with Gasteiger partial charge in [-0.15, -0.1) is 24.0 Å². The van der Waals surface area contributed by atoms with Crippen molar-refractivity contribution < 1.29 is 9.53 Å². The summed E-state index contributed by atoms with van der Waals surface area (Å²) >= 11 is 0. The minimum atomic E-state index is -0.497. The molecular weight excluding hydrogens is 479 g/mol. The summed E-state index contributed by atoms with van der Waals surface area (Å²) in [6.45, 7) is 7.54. The van der Waals surface area contributed by atoms with Gasteiger partial charge in [0.2, 0.25) is 0 Å². The Morgan fingerprint density at radius 1 is 1.14 bits per heavy atom. The Morgan fingerprint density at radius 2 is 1.86 bits per heavy atom. The van der Waals surface area contributed by atoms with Crippen LogP contribution in [0.25, 0.3) is 0 Å².